The summed E-state index contributed by atoms with van der Waals surface area (Å²) in [6.07, 6.45) is 1.61. The molecule has 0 saturated heterocycles. The summed E-state index contributed by atoms with van der Waals surface area (Å²) in [5.74, 6) is 0.260. The van der Waals surface area contributed by atoms with Crippen LogP contribution in [0.1, 0.15) is 27.4 Å². The summed E-state index contributed by atoms with van der Waals surface area (Å²) < 4.78 is 7.26. The van der Waals surface area contributed by atoms with Crippen molar-refractivity contribution in [3.05, 3.63) is 53.0 Å². The molecule has 0 atom stereocenters. The van der Waals surface area contributed by atoms with Crippen molar-refractivity contribution in [1.29, 1.82) is 0 Å². The predicted molar refractivity (Wildman–Crippen MR) is 72.3 cm³/mol. The fourth-order valence-electron chi connectivity index (χ4n) is 2.26. The van der Waals surface area contributed by atoms with E-state index in [9.17, 15) is 4.79 Å². The van der Waals surface area contributed by atoms with Gasteiger partial charge in [0, 0.05) is 24.2 Å². The molecule has 0 spiro atoms. The molecule has 2 aromatic heterocycles. The van der Waals surface area contributed by atoms with Crippen LogP contribution in [0.5, 0.6) is 0 Å². The van der Waals surface area contributed by atoms with E-state index in [1.807, 2.05) is 32.0 Å². The minimum atomic E-state index is -0.133. The van der Waals surface area contributed by atoms with Crippen molar-refractivity contribution in [3.63, 3.8) is 0 Å². The van der Waals surface area contributed by atoms with E-state index in [0.717, 1.165) is 22.1 Å². The Hall–Kier alpha value is -2.36. The highest BCUT2D eigenvalue weighted by atomic mass is 16.3. The van der Waals surface area contributed by atoms with E-state index in [1.54, 1.807) is 24.0 Å². The number of carbonyl (C=O) groups excluding carboxylic acids is 1. The lowest BCUT2D eigenvalue weighted by molar-refractivity contribution is 0.100. The third-order valence-electron chi connectivity index (χ3n) is 3.35. The van der Waals surface area contributed by atoms with Crippen LogP contribution in [0.25, 0.3) is 11.0 Å². The molecule has 3 aromatic rings. The fraction of sp³-hybridized carbons (Fsp3) is 0.200. The second-order valence-electron chi connectivity index (χ2n) is 4.72. The molecule has 96 valence electrons. The molecule has 0 N–H and O–H groups in total. The topological polar surface area (TPSA) is 48.0 Å². The monoisotopic (exact) mass is 254 g/mol. The molecule has 3 rings (SSSR count). The van der Waals surface area contributed by atoms with Crippen LogP contribution < -0.4 is 0 Å². The molecule has 0 bridgehead atoms. The second kappa shape index (κ2) is 4.09. The Labute approximate surface area is 110 Å². The van der Waals surface area contributed by atoms with Crippen molar-refractivity contribution >= 4 is 16.8 Å². The summed E-state index contributed by atoms with van der Waals surface area (Å²) >= 11 is 0. The molecule has 19 heavy (non-hydrogen) atoms. The van der Waals surface area contributed by atoms with Gasteiger partial charge in [0.25, 0.3) is 0 Å². The molecular formula is C15H14N2O2. The largest absolute Gasteiger partial charge is 0.452 e. The molecule has 0 saturated carbocycles. The quantitative estimate of drug-likeness (QED) is 0.660. The van der Waals surface area contributed by atoms with Crippen LogP contribution in [0.15, 0.2) is 34.9 Å². The molecule has 0 aliphatic rings. The van der Waals surface area contributed by atoms with Crippen molar-refractivity contribution in [2.45, 2.75) is 13.8 Å². The van der Waals surface area contributed by atoms with Crippen LogP contribution in [0.3, 0.4) is 0 Å². The predicted octanol–water partition coefficient (Wildman–Crippen LogP) is 3.01. The van der Waals surface area contributed by atoms with Gasteiger partial charge in [0.1, 0.15) is 11.3 Å². The Bertz CT molecular complexity index is 781. The van der Waals surface area contributed by atoms with Gasteiger partial charge in [0.15, 0.2) is 5.76 Å². The first-order chi connectivity index (χ1) is 9.08. The van der Waals surface area contributed by atoms with E-state index in [2.05, 4.69) is 5.10 Å². The highest BCUT2D eigenvalue weighted by Crippen LogP contribution is 2.27. The van der Waals surface area contributed by atoms with Gasteiger partial charge < -0.3 is 4.42 Å². The maximum absolute atomic E-state index is 12.4. The highest BCUT2D eigenvalue weighted by Gasteiger charge is 2.21. The van der Waals surface area contributed by atoms with E-state index in [4.69, 9.17) is 4.42 Å². The number of furan rings is 1. The lowest BCUT2D eigenvalue weighted by Crippen LogP contribution is -2.08. The van der Waals surface area contributed by atoms with Crippen molar-refractivity contribution in [1.82, 2.24) is 9.78 Å². The van der Waals surface area contributed by atoms with Crippen LogP contribution in [0.2, 0.25) is 0 Å². The molecule has 0 fully saturated rings. The Morgan fingerprint density at radius 3 is 2.74 bits per heavy atom. The standard InChI is InChI=1S/C15H14N2O2/c1-9-4-5-13-11(8-9)10(2)15(19-13)14(18)12-6-7-16-17(12)3/h4-8H,1-3H3. The molecular weight excluding hydrogens is 240 g/mol. The summed E-state index contributed by atoms with van der Waals surface area (Å²) in [6.45, 7) is 3.93. The average molecular weight is 254 g/mol. The smallest absolute Gasteiger partial charge is 0.246 e. The van der Waals surface area contributed by atoms with Crippen molar-refractivity contribution < 1.29 is 9.21 Å². The van der Waals surface area contributed by atoms with Gasteiger partial charge in [0.05, 0.1) is 0 Å². The van der Waals surface area contributed by atoms with Crippen LogP contribution >= 0.6 is 0 Å². The van der Waals surface area contributed by atoms with E-state index >= 15 is 0 Å². The van der Waals surface area contributed by atoms with E-state index in [1.165, 1.54) is 0 Å². The first-order valence-corrected chi connectivity index (χ1v) is 6.10. The molecule has 0 amide bonds. The number of ketones is 1. The van der Waals surface area contributed by atoms with Gasteiger partial charge in [-0.25, -0.2) is 0 Å². The molecule has 1 aromatic carbocycles. The van der Waals surface area contributed by atoms with E-state index in [-0.39, 0.29) is 5.78 Å². The lowest BCUT2D eigenvalue weighted by atomic mass is 10.1. The number of aryl methyl sites for hydroxylation is 3. The third-order valence-corrected chi connectivity index (χ3v) is 3.35. The molecule has 0 aliphatic heterocycles. The number of carbonyl (C=O) groups is 1. The summed E-state index contributed by atoms with van der Waals surface area (Å²) in [5, 5.41) is 5.01. The summed E-state index contributed by atoms with van der Waals surface area (Å²) in [6, 6.07) is 7.61. The van der Waals surface area contributed by atoms with Gasteiger partial charge in [-0.3, -0.25) is 9.48 Å². The zero-order valence-electron chi connectivity index (χ0n) is 11.1. The summed E-state index contributed by atoms with van der Waals surface area (Å²) in [4.78, 5) is 12.4. The van der Waals surface area contributed by atoms with Crippen molar-refractivity contribution in [2.24, 2.45) is 7.05 Å². The Morgan fingerprint density at radius 1 is 1.26 bits per heavy atom. The molecule has 0 unspecified atom stereocenters. The van der Waals surface area contributed by atoms with E-state index in [0.29, 0.717) is 11.5 Å². The second-order valence-corrected chi connectivity index (χ2v) is 4.72. The number of hydrogen-bond donors (Lipinski definition) is 0. The van der Waals surface area contributed by atoms with Gasteiger partial charge in [-0.05, 0) is 32.0 Å². The molecule has 2 heterocycles. The van der Waals surface area contributed by atoms with Crippen molar-refractivity contribution in [3.8, 4) is 0 Å². The minimum Gasteiger partial charge on any atom is -0.452 e. The third kappa shape index (κ3) is 1.76. The average Bonchev–Trinajstić information content (AvgIpc) is 2.94. The van der Waals surface area contributed by atoms with E-state index < -0.39 is 0 Å². The van der Waals surface area contributed by atoms with Crippen LogP contribution in [0, 0.1) is 13.8 Å². The number of hydrogen-bond acceptors (Lipinski definition) is 3. The molecule has 4 nitrogen and oxygen atoms in total. The maximum Gasteiger partial charge on any atom is 0.246 e. The maximum atomic E-state index is 12.4. The Balaban J connectivity index is 2.18. The van der Waals surface area contributed by atoms with Gasteiger partial charge >= 0.3 is 0 Å². The Kier molecular flexibility index (Phi) is 2.52. The van der Waals surface area contributed by atoms with Gasteiger partial charge in [-0.2, -0.15) is 5.10 Å². The summed E-state index contributed by atoms with van der Waals surface area (Å²) in [7, 11) is 1.75. The minimum absolute atomic E-state index is 0.133. The summed E-state index contributed by atoms with van der Waals surface area (Å²) in [5.41, 5.74) is 3.30. The zero-order valence-corrected chi connectivity index (χ0v) is 11.1. The first-order valence-electron chi connectivity index (χ1n) is 6.10. The lowest BCUT2D eigenvalue weighted by Gasteiger charge is -1.99. The van der Waals surface area contributed by atoms with Gasteiger partial charge in [-0.15, -0.1) is 0 Å². The zero-order chi connectivity index (χ0) is 13.6. The SMILES string of the molecule is Cc1ccc2oc(C(=O)c3ccnn3C)c(C)c2c1. The number of aromatic nitrogens is 2. The number of benzene rings is 1. The number of rotatable bonds is 2. The Morgan fingerprint density at radius 2 is 2.05 bits per heavy atom. The molecule has 0 aliphatic carbocycles. The molecule has 4 heteroatoms. The van der Waals surface area contributed by atoms with Gasteiger partial charge in [0.2, 0.25) is 5.78 Å². The van der Waals surface area contributed by atoms with Crippen LogP contribution in [0.4, 0.5) is 0 Å². The van der Waals surface area contributed by atoms with Crippen molar-refractivity contribution in [2.75, 3.05) is 0 Å². The normalized spacial score (nSPS) is 11.1. The number of fused-ring (bicyclic) bond motifs is 1. The van der Waals surface area contributed by atoms with Crippen LogP contribution in [-0.2, 0) is 7.05 Å². The van der Waals surface area contributed by atoms with Gasteiger partial charge in [-0.1, -0.05) is 11.6 Å². The first kappa shape index (κ1) is 11.7. The van der Waals surface area contributed by atoms with Crippen LogP contribution in [-0.4, -0.2) is 15.6 Å². The molecule has 0 radical (unpaired) electrons. The fourth-order valence-corrected chi connectivity index (χ4v) is 2.26. The highest BCUT2D eigenvalue weighted by molar-refractivity contribution is 6.09. The number of nitrogens with zero attached hydrogens (tertiary/aromatic N) is 2.